The number of hydrogen-bond acceptors (Lipinski definition) is 3. The van der Waals surface area contributed by atoms with Gasteiger partial charge < -0.3 is 9.84 Å². The van der Waals surface area contributed by atoms with Gasteiger partial charge in [-0.25, -0.2) is 4.79 Å². The molecular weight excluding hydrogens is 165 g/mol. The van der Waals surface area contributed by atoms with E-state index in [2.05, 4.69) is 9.72 Å². The smallest absolute Gasteiger partial charge is 0.336 e. The van der Waals surface area contributed by atoms with Crippen molar-refractivity contribution in [2.24, 2.45) is 0 Å². The zero-order chi connectivity index (χ0) is 9.14. The molecule has 0 amide bonds. The molecule has 0 aliphatic heterocycles. The summed E-state index contributed by atoms with van der Waals surface area (Å²) in [5, 5.41) is 8.48. The summed E-state index contributed by atoms with van der Waals surface area (Å²) in [5.41, 5.74) is -0.181. The molecule has 1 aromatic heterocycles. The number of halogens is 1. The van der Waals surface area contributed by atoms with E-state index in [0.717, 1.165) is 12.1 Å². The van der Waals surface area contributed by atoms with Crippen LogP contribution in [0.25, 0.3) is 0 Å². The fourth-order valence-electron chi connectivity index (χ4n) is 0.701. The summed E-state index contributed by atoms with van der Waals surface area (Å²) in [6, 6.07) is 1.97. The number of carbonyl (C=O) groups is 1. The fourth-order valence-corrected chi connectivity index (χ4v) is 0.701. The first-order valence-corrected chi connectivity index (χ1v) is 3.08. The lowest BCUT2D eigenvalue weighted by atomic mass is 10.3. The van der Waals surface area contributed by atoms with Crippen LogP contribution in [0.3, 0.4) is 0 Å². The molecule has 0 atom stereocenters. The Morgan fingerprint density at radius 2 is 2.33 bits per heavy atom. The number of methoxy groups -OCH3 is 1. The van der Waals surface area contributed by atoms with E-state index in [4.69, 9.17) is 5.11 Å². The molecule has 0 unspecified atom stereocenters. The van der Waals surface area contributed by atoms with Crippen LogP contribution in [0.4, 0.5) is 4.39 Å². The lowest BCUT2D eigenvalue weighted by Crippen LogP contribution is -2.00. The van der Waals surface area contributed by atoms with E-state index in [0.29, 0.717) is 0 Å². The van der Waals surface area contributed by atoms with Gasteiger partial charge in [0.1, 0.15) is 0 Å². The van der Waals surface area contributed by atoms with Crippen molar-refractivity contribution in [3.63, 3.8) is 0 Å². The second-order valence-corrected chi connectivity index (χ2v) is 2.03. The second-order valence-electron chi connectivity index (χ2n) is 2.03. The van der Waals surface area contributed by atoms with E-state index in [-0.39, 0.29) is 11.4 Å². The molecule has 64 valence electrons. The Morgan fingerprint density at radius 3 is 2.83 bits per heavy atom. The standard InChI is InChI=1S/C7H6FNO3/c1-12-6-3-4(7(10)11)2-5(8)9-6/h2-3H,1H3,(H,10,11). The number of ether oxygens (including phenoxy) is 1. The number of nitrogens with zero attached hydrogens (tertiary/aromatic N) is 1. The van der Waals surface area contributed by atoms with Gasteiger partial charge in [0.25, 0.3) is 0 Å². The maximum atomic E-state index is 12.5. The largest absolute Gasteiger partial charge is 0.481 e. The molecule has 1 heterocycles. The van der Waals surface area contributed by atoms with Crippen LogP contribution in [0, 0.1) is 5.95 Å². The molecule has 5 heteroatoms. The van der Waals surface area contributed by atoms with Gasteiger partial charge >= 0.3 is 5.97 Å². The van der Waals surface area contributed by atoms with Crippen molar-refractivity contribution in [2.45, 2.75) is 0 Å². The zero-order valence-corrected chi connectivity index (χ0v) is 6.24. The van der Waals surface area contributed by atoms with Crippen LogP contribution in [0.1, 0.15) is 10.4 Å². The van der Waals surface area contributed by atoms with Crippen molar-refractivity contribution in [1.82, 2.24) is 4.98 Å². The van der Waals surface area contributed by atoms with E-state index in [9.17, 15) is 9.18 Å². The third-order valence-corrected chi connectivity index (χ3v) is 1.23. The quantitative estimate of drug-likeness (QED) is 0.672. The number of hydrogen-bond donors (Lipinski definition) is 1. The van der Waals surface area contributed by atoms with Crippen molar-refractivity contribution in [2.75, 3.05) is 7.11 Å². The van der Waals surface area contributed by atoms with Crippen molar-refractivity contribution in [3.05, 3.63) is 23.6 Å². The molecule has 1 rings (SSSR count). The number of aromatic nitrogens is 1. The summed E-state index contributed by atoms with van der Waals surface area (Å²) < 4.78 is 17.1. The Labute approximate surface area is 67.6 Å². The molecule has 0 bridgehead atoms. The highest BCUT2D eigenvalue weighted by atomic mass is 19.1. The van der Waals surface area contributed by atoms with Crippen molar-refractivity contribution in [1.29, 1.82) is 0 Å². The van der Waals surface area contributed by atoms with Crippen LogP contribution < -0.4 is 4.74 Å². The third kappa shape index (κ3) is 1.69. The summed E-state index contributed by atoms with van der Waals surface area (Å²) in [6.07, 6.45) is 0. The molecule has 4 nitrogen and oxygen atoms in total. The highest BCUT2D eigenvalue weighted by Gasteiger charge is 2.07. The SMILES string of the molecule is COc1cc(C(=O)O)cc(F)n1. The molecule has 12 heavy (non-hydrogen) atoms. The monoisotopic (exact) mass is 171 g/mol. The lowest BCUT2D eigenvalue weighted by Gasteiger charge is -1.99. The first-order valence-electron chi connectivity index (χ1n) is 3.08. The summed E-state index contributed by atoms with van der Waals surface area (Å²) in [7, 11) is 1.29. The number of carboxylic acids is 1. The van der Waals surface area contributed by atoms with Gasteiger partial charge in [-0.15, -0.1) is 0 Å². The molecule has 1 N–H and O–H groups in total. The van der Waals surface area contributed by atoms with Crippen LogP contribution in [-0.4, -0.2) is 23.2 Å². The van der Waals surface area contributed by atoms with E-state index in [1.165, 1.54) is 7.11 Å². The third-order valence-electron chi connectivity index (χ3n) is 1.23. The van der Waals surface area contributed by atoms with Crippen molar-refractivity contribution >= 4 is 5.97 Å². The van der Waals surface area contributed by atoms with Gasteiger partial charge in [0.2, 0.25) is 11.8 Å². The van der Waals surface area contributed by atoms with Crippen LogP contribution in [0.15, 0.2) is 12.1 Å². The van der Waals surface area contributed by atoms with Gasteiger partial charge in [-0.3, -0.25) is 0 Å². The van der Waals surface area contributed by atoms with Crippen LogP contribution in [0.2, 0.25) is 0 Å². The molecule has 0 radical (unpaired) electrons. The minimum absolute atomic E-state index is 0.0487. The summed E-state index contributed by atoms with van der Waals surface area (Å²) in [6.45, 7) is 0. The summed E-state index contributed by atoms with van der Waals surface area (Å²) >= 11 is 0. The maximum absolute atomic E-state index is 12.5. The Morgan fingerprint density at radius 1 is 1.67 bits per heavy atom. The Balaban J connectivity index is 3.15. The Kier molecular flexibility index (Phi) is 2.23. The summed E-state index contributed by atoms with van der Waals surface area (Å²) in [5.74, 6) is -2.13. The van der Waals surface area contributed by atoms with E-state index in [1.807, 2.05) is 0 Å². The number of carboxylic acid groups (broad SMARTS) is 1. The molecular formula is C7H6FNO3. The molecule has 0 saturated carbocycles. The number of pyridine rings is 1. The topological polar surface area (TPSA) is 59.4 Å². The minimum atomic E-state index is -1.21. The molecule has 0 aliphatic carbocycles. The average molecular weight is 171 g/mol. The number of rotatable bonds is 2. The van der Waals surface area contributed by atoms with Gasteiger partial charge in [0.15, 0.2) is 0 Å². The predicted octanol–water partition coefficient (Wildman–Crippen LogP) is 0.927. The molecule has 0 saturated heterocycles. The van der Waals surface area contributed by atoms with Crippen LogP contribution in [-0.2, 0) is 0 Å². The van der Waals surface area contributed by atoms with Crippen molar-refractivity contribution in [3.8, 4) is 5.88 Å². The van der Waals surface area contributed by atoms with Crippen molar-refractivity contribution < 1.29 is 19.0 Å². The molecule has 1 aromatic rings. The second kappa shape index (κ2) is 3.17. The van der Waals surface area contributed by atoms with E-state index in [1.54, 1.807) is 0 Å². The summed E-state index contributed by atoms with van der Waals surface area (Å²) in [4.78, 5) is 13.7. The predicted molar refractivity (Wildman–Crippen MR) is 37.7 cm³/mol. The lowest BCUT2D eigenvalue weighted by molar-refractivity contribution is 0.0695. The normalized spacial score (nSPS) is 9.50. The Bertz CT molecular complexity index is 314. The molecule has 0 spiro atoms. The highest BCUT2D eigenvalue weighted by Crippen LogP contribution is 2.10. The van der Waals surface area contributed by atoms with Gasteiger partial charge in [0.05, 0.1) is 12.7 Å². The van der Waals surface area contributed by atoms with Gasteiger partial charge in [-0.1, -0.05) is 0 Å². The van der Waals surface area contributed by atoms with Gasteiger partial charge in [0, 0.05) is 12.1 Å². The maximum Gasteiger partial charge on any atom is 0.336 e. The fraction of sp³-hybridized carbons (Fsp3) is 0.143. The molecule has 0 aliphatic rings. The first-order chi connectivity index (χ1) is 5.63. The Hall–Kier alpha value is -1.65. The van der Waals surface area contributed by atoms with Gasteiger partial charge in [-0.05, 0) is 0 Å². The van der Waals surface area contributed by atoms with E-state index >= 15 is 0 Å². The minimum Gasteiger partial charge on any atom is -0.481 e. The number of aromatic carboxylic acids is 1. The van der Waals surface area contributed by atoms with Crippen LogP contribution in [0.5, 0.6) is 5.88 Å². The van der Waals surface area contributed by atoms with Crippen LogP contribution >= 0.6 is 0 Å². The molecule has 0 aromatic carbocycles. The zero-order valence-electron chi connectivity index (χ0n) is 6.24. The highest BCUT2D eigenvalue weighted by molar-refractivity contribution is 5.87. The molecule has 0 fully saturated rings. The van der Waals surface area contributed by atoms with Gasteiger partial charge in [-0.2, -0.15) is 9.37 Å². The van der Waals surface area contributed by atoms with E-state index < -0.39 is 11.9 Å². The first kappa shape index (κ1) is 8.45. The average Bonchev–Trinajstić information content (AvgIpc) is 2.03.